The number of methoxy groups -OCH3 is 1. The van der Waals surface area contributed by atoms with Crippen LogP contribution < -0.4 is 4.74 Å². The summed E-state index contributed by atoms with van der Waals surface area (Å²) in [6.07, 6.45) is 6.23. The number of rotatable bonds is 10. The highest BCUT2D eigenvalue weighted by molar-refractivity contribution is 6.01. The number of carbonyl (C=O) groups is 1. The first-order valence-electron chi connectivity index (χ1n) is 10.3. The third kappa shape index (κ3) is 4.92. The van der Waals surface area contributed by atoms with E-state index in [0.717, 1.165) is 48.0 Å². The Hall–Kier alpha value is -2.94. The average Bonchev–Trinajstić information content (AvgIpc) is 2.78. The van der Waals surface area contributed by atoms with E-state index < -0.39 is 0 Å². The van der Waals surface area contributed by atoms with E-state index in [9.17, 15) is 4.79 Å². The molecule has 0 N–H and O–H groups in total. The minimum atomic E-state index is -0.345. The molecule has 3 heteroatoms. The lowest BCUT2D eigenvalue weighted by atomic mass is 9.80. The third-order valence-corrected chi connectivity index (χ3v) is 5.47. The summed E-state index contributed by atoms with van der Waals surface area (Å²) in [5, 5.41) is 1.08. The van der Waals surface area contributed by atoms with Gasteiger partial charge in [0.05, 0.1) is 24.2 Å². The molecule has 3 aromatic rings. The molecule has 0 bridgehead atoms. The van der Waals surface area contributed by atoms with Crippen LogP contribution in [-0.4, -0.2) is 17.9 Å². The molecule has 3 rings (SSSR count). The molecule has 0 amide bonds. The molecule has 29 heavy (non-hydrogen) atoms. The first-order valence-corrected chi connectivity index (χ1v) is 10.3. The Kier molecular flexibility index (Phi) is 7.18. The first-order chi connectivity index (χ1) is 14.2. The van der Waals surface area contributed by atoms with Crippen molar-refractivity contribution in [2.45, 2.75) is 38.5 Å². The molecule has 0 saturated carbocycles. The predicted octanol–water partition coefficient (Wildman–Crippen LogP) is 6.59. The largest absolute Gasteiger partial charge is 0.497 e. The average molecular weight is 388 g/mol. The number of benzene rings is 2. The molecular formula is C26H29NO2. The summed E-state index contributed by atoms with van der Waals surface area (Å²) in [6.45, 7) is 6.24. The highest BCUT2D eigenvalue weighted by Gasteiger charge is 2.30. The van der Waals surface area contributed by atoms with E-state index in [-0.39, 0.29) is 17.6 Å². The molecular weight excluding hydrogens is 358 g/mol. The monoisotopic (exact) mass is 387 g/mol. The van der Waals surface area contributed by atoms with Gasteiger partial charge in [-0.2, -0.15) is 0 Å². The van der Waals surface area contributed by atoms with E-state index in [2.05, 4.69) is 19.6 Å². The summed E-state index contributed by atoms with van der Waals surface area (Å²) < 4.78 is 5.24. The second kappa shape index (κ2) is 10.0. The second-order valence-electron chi connectivity index (χ2n) is 7.39. The van der Waals surface area contributed by atoms with Crippen LogP contribution in [0.15, 0.2) is 73.3 Å². The number of carbonyl (C=O) groups excluding carboxylic acids is 1. The van der Waals surface area contributed by atoms with Crippen molar-refractivity contribution in [3.63, 3.8) is 0 Å². The zero-order valence-corrected chi connectivity index (χ0v) is 17.3. The summed E-state index contributed by atoms with van der Waals surface area (Å²) >= 11 is 0. The van der Waals surface area contributed by atoms with Crippen LogP contribution in [0.3, 0.4) is 0 Å². The van der Waals surface area contributed by atoms with Crippen molar-refractivity contribution in [2.75, 3.05) is 7.11 Å². The first kappa shape index (κ1) is 20.8. The molecule has 0 fully saturated rings. The van der Waals surface area contributed by atoms with Crippen LogP contribution in [-0.2, 0) is 0 Å². The highest BCUT2D eigenvalue weighted by atomic mass is 16.5. The molecule has 3 nitrogen and oxygen atoms in total. The van der Waals surface area contributed by atoms with E-state index >= 15 is 0 Å². The fourth-order valence-electron chi connectivity index (χ4n) is 3.79. The van der Waals surface area contributed by atoms with Gasteiger partial charge in [0.2, 0.25) is 0 Å². The zero-order valence-electron chi connectivity index (χ0n) is 17.3. The number of nitrogens with zero attached hydrogens (tertiary/aromatic N) is 1. The summed E-state index contributed by atoms with van der Waals surface area (Å²) in [6, 6.07) is 19.4. The van der Waals surface area contributed by atoms with E-state index in [1.54, 1.807) is 7.11 Å². The van der Waals surface area contributed by atoms with Gasteiger partial charge >= 0.3 is 0 Å². The number of aromatic nitrogens is 1. The van der Waals surface area contributed by atoms with Crippen LogP contribution in [0.2, 0.25) is 0 Å². The molecule has 0 spiro atoms. The van der Waals surface area contributed by atoms with Gasteiger partial charge in [-0.05, 0) is 48.7 Å². The lowest BCUT2D eigenvalue weighted by Gasteiger charge is -2.24. The normalized spacial score (nSPS) is 13.0. The van der Waals surface area contributed by atoms with Gasteiger partial charge in [-0.15, -0.1) is 6.58 Å². The number of pyridine rings is 1. The minimum absolute atomic E-state index is 0.0461. The number of fused-ring (bicyclic) bond motifs is 1. The van der Waals surface area contributed by atoms with E-state index in [4.69, 9.17) is 9.72 Å². The standard InChI is InChI=1S/C26H29NO2/c1-4-6-7-10-19(5-2)25(26(28)21-13-16-22(29-3)17-14-21)24-18-15-20-11-8-9-12-23(20)27-24/h5,8-9,11-19,25H,2,4,6-7,10H2,1,3H3/t19-,25+/m1/s1. The van der Waals surface area contributed by atoms with Crippen LogP contribution >= 0.6 is 0 Å². The summed E-state index contributed by atoms with van der Waals surface area (Å²) in [4.78, 5) is 18.4. The summed E-state index contributed by atoms with van der Waals surface area (Å²) in [5.74, 6) is 0.522. The van der Waals surface area contributed by atoms with Crippen LogP contribution in [0.25, 0.3) is 10.9 Å². The molecule has 0 radical (unpaired) electrons. The Labute approximate surface area is 173 Å². The minimum Gasteiger partial charge on any atom is -0.497 e. The number of Topliss-reactive ketones (excluding diaryl/α,β-unsaturated/α-hetero) is 1. The maximum Gasteiger partial charge on any atom is 0.172 e. The lowest BCUT2D eigenvalue weighted by Crippen LogP contribution is -2.22. The molecule has 0 unspecified atom stereocenters. The number of ketones is 1. The van der Waals surface area contributed by atoms with Gasteiger partial charge in [0.15, 0.2) is 5.78 Å². The maximum absolute atomic E-state index is 13.6. The number of ether oxygens (including phenoxy) is 1. The van der Waals surface area contributed by atoms with Crippen LogP contribution in [0.1, 0.15) is 54.6 Å². The fraction of sp³-hybridized carbons (Fsp3) is 0.308. The van der Waals surface area contributed by atoms with Gasteiger partial charge in [-0.3, -0.25) is 9.78 Å². The van der Waals surface area contributed by atoms with E-state index in [1.807, 2.05) is 60.7 Å². The second-order valence-corrected chi connectivity index (χ2v) is 7.39. The summed E-state index contributed by atoms with van der Waals surface area (Å²) in [5.41, 5.74) is 2.40. The molecule has 0 aliphatic heterocycles. The molecule has 2 atom stereocenters. The Morgan fingerprint density at radius 2 is 1.83 bits per heavy atom. The molecule has 150 valence electrons. The highest BCUT2D eigenvalue weighted by Crippen LogP contribution is 2.33. The van der Waals surface area contributed by atoms with Crippen molar-refractivity contribution >= 4 is 16.7 Å². The van der Waals surface area contributed by atoms with Gasteiger partial charge in [-0.1, -0.05) is 56.5 Å². The smallest absolute Gasteiger partial charge is 0.172 e. The van der Waals surface area contributed by atoms with Crippen molar-refractivity contribution in [2.24, 2.45) is 5.92 Å². The number of allylic oxidation sites excluding steroid dienone is 1. The van der Waals surface area contributed by atoms with E-state index in [1.165, 1.54) is 0 Å². The van der Waals surface area contributed by atoms with Crippen LogP contribution in [0.5, 0.6) is 5.75 Å². The van der Waals surface area contributed by atoms with Crippen molar-refractivity contribution in [3.8, 4) is 5.75 Å². The Bertz CT molecular complexity index is 962. The Balaban J connectivity index is 2.01. The number of para-hydroxylation sites is 1. The quantitative estimate of drug-likeness (QED) is 0.224. The van der Waals surface area contributed by atoms with Crippen molar-refractivity contribution < 1.29 is 9.53 Å². The van der Waals surface area contributed by atoms with Crippen LogP contribution in [0, 0.1) is 5.92 Å². The van der Waals surface area contributed by atoms with Crippen molar-refractivity contribution in [1.29, 1.82) is 0 Å². The van der Waals surface area contributed by atoms with Crippen LogP contribution in [0.4, 0.5) is 0 Å². The predicted molar refractivity (Wildman–Crippen MR) is 120 cm³/mol. The fourth-order valence-corrected chi connectivity index (χ4v) is 3.79. The third-order valence-electron chi connectivity index (χ3n) is 5.47. The Morgan fingerprint density at radius 1 is 1.07 bits per heavy atom. The molecule has 0 aliphatic rings. The SMILES string of the molecule is C=C[C@H](CCCCC)[C@H](C(=O)c1ccc(OC)cc1)c1ccc2ccccc2n1. The topological polar surface area (TPSA) is 39.2 Å². The van der Waals surface area contributed by atoms with Gasteiger partial charge in [-0.25, -0.2) is 0 Å². The van der Waals surface area contributed by atoms with Gasteiger partial charge in [0.25, 0.3) is 0 Å². The van der Waals surface area contributed by atoms with E-state index in [0.29, 0.717) is 5.56 Å². The number of unbranched alkanes of at least 4 members (excludes halogenated alkanes) is 2. The zero-order chi connectivity index (χ0) is 20.6. The van der Waals surface area contributed by atoms with Crippen molar-refractivity contribution in [1.82, 2.24) is 4.98 Å². The molecule has 1 heterocycles. The van der Waals surface area contributed by atoms with Gasteiger partial charge < -0.3 is 4.74 Å². The van der Waals surface area contributed by atoms with Gasteiger partial charge in [0.1, 0.15) is 5.75 Å². The Morgan fingerprint density at radius 3 is 2.52 bits per heavy atom. The lowest BCUT2D eigenvalue weighted by molar-refractivity contribution is 0.0935. The van der Waals surface area contributed by atoms with Gasteiger partial charge in [0, 0.05) is 10.9 Å². The molecule has 1 aromatic heterocycles. The number of hydrogen-bond acceptors (Lipinski definition) is 3. The number of hydrogen-bond donors (Lipinski definition) is 0. The molecule has 2 aromatic carbocycles. The molecule has 0 aliphatic carbocycles. The van der Waals surface area contributed by atoms with Crippen molar-refractivity contribution in [3.05, 3.63) is 84.6 Å². The maximum atomic E-state index is 13.6. The summed E-state index contributed by atoms with van der Waals surface area (Å²) in [7, 11) is 1.63. The molecule has 0 saturated heterocycles.